The molecule has 0 aliphatic heterocycles. The molecular formula is C17H26N2O. The second-order valence-corrected chi connectivity index (χ2v) is 5.61. The first-order valence-electron chi connectivity index (χ1n) is 7.57. The van der Waals surface area contributed by atoms with Gasteiger partial charge in [0.15, 0.2) is 0 Å². The molecule has 1 heterocycles. The molecule has 0 saturated carbocycles. The molecule has 1 N–H and O–H groups in total. The zero-order chi connectivity index (χ0) is 14.4. The van der Waals surface area contributed by atoms with Crippen LogP contribution in [0.4, 0.5) is 0 Å². The van der Waals surface area contributed by atoms with Gasteiger partial charge in [-0.25, -0.2) is 0 Å². The van der Waals surface area contributed by atoms with Gasteiger partial charge in [0.2, 0.25) is 0 Å². The summed E-state index contributed by atoms with van der Waals surface area (Å²) in [7, 11) is 0. The highest BCUT2D eigenvalue weighted by atomic mass is 16.5. The van der Waals surface area contributed by atoms with Gasteiger partial charge in [-0.2, -0.15) is 0 Å². The third-order valence-electron chi connectivity index (χ3n) is 3.36. The first-order chi connectivity index (χ1) is 9.72. The van der Waals surface area contributed by atoms with Crippen LogP contribution >= 0.6 is 0 Å². The quantitative estimate of drug-likeness (QED) is 0.746. The van der Waals surface area contributed by atoms with Crippen molar-refractivity contribution in [1.29, 1.82) is 0 Å². The Morgan fingerprint density at radius 3 is 2.80 bits per heavy atom. The normalized spacial score (nSPS) is 11.6. The molecule has 0 spiro atoms. The van der Waals surface area contributed by atoms with Crippen LogP contribution in [0.2, 0.25) is 0 Å². The first kappa shape index (κ1) is 15.1. The topological polar surface area (TPSA) is 26.2 Å². The molecule has 0 saturated heterocycles. The lowest BCUT2D eigenvalue weighted by atomic mass is 10.2. The molecule has 3 nitrogen and oxygen atoms in total. The van der Waals surface area contributed by atoms with Crippen molar-refractivity contribution in [3.63, 3.8) is 0 Å². The highest BCUT2D eigenvalue weighted by Gasteiger charge is 2.07. The van der Waals surface area contributed by atoms with Crippen LogP contribution in [0.25, 0.3) is 10.9 Å². The van der Waals surface area contributed by atoms with Gasteiger partial charge in [0.05, 0.1) is 6.61 Å². The van der Waals surface area contributed by atoms with Crippen molar-refractivity contribution in [1.82, 2.24) is 9.88 Å². The molecule has 2 rings (SSSR count). The molecule has 0 unspecified atom stereocenters. The van der Waals surface area contributed by atoms with Crippen LogP contribution in [0.1, 0.15) is 26.3 Å². The van der Waals surface area contributed by atoms with E-state index in [9.17, 15) is 0 Å². The van der Waals surface area contributed by atoms with Gasteiger partial charge in [-0.05, 0) is 24.1 Å². The Morgan fingerprint density at radius 2 is 2.05 bits per heavy atom. The molecule has 20 heavy (non-hydrogen) atoms. The fourth-order valence-corrected chi connectivity index (χ4v) is 2.39. The van der Waals surface area contributed by atoms with Crippen LogP contribution in [0.15, 0.2) is 30.5 Å². The number of benzene rings is 1. The summed E-state index contributed by atoms with van der Waals surface area (Å²) in [6.45, 7) is 11.0. The smallest absolute Gasteiger partial charge is 0.0645 e. The summed E-state index contributed by atoms with van der Waals surface area (Å²) < 4.78 is 8.01. The van der Waals surface area contributed by atoms with Gasteiger partial charge in [-0.15, -0.1) is 0 Å². The minimum absolute atomic E-state index is 0.598. The minimum Gasteiger partial charge on any atom is -0.379 e. The predicted molar refractivity (Wildman–Crippen MR) is 85.0 cm³/mol. The molecular weight excluding hydrogens is 248 g/mol. The van der Waals surface area contributed by atoms with Crippen LogP contribution in [-0.4, -0.2) is 24.3 Å². The molecule has 110 valence electrons. The Labute approximate surface area is 121 Å². The molecule has 2 aromatic rings. The highest BCUT2D eigenvalue weighted by Crippen LogP contribution is 2.21. The molecule has 1 aromatic carbocycles. The molecule has 1 aromatic heterocycles. The summed E-state index contributed by atoms with van der Waals surface area (Å²) >= 11 is 0. The van der Waals surface area contributed by atoms with E-state index in [1.165, 1.54) is 16.5 Å². The number of hydrogen-bond acceptors (Lipinski definition) is 2. The molecule has 0 aliphatic rings. The van der Waals surface area contributed by atoms with Gasteiger partial charge in [-0.1, -0.05) is 39.0 Å². The second-order valence-electron chi connectivity index (χ2n) is 5.61. The fraction of sp³-hybridized carbons (Fsp3) is 0.529. The summed E-state index contributed by atoms with van der Waals surface area (Å²) in [5.41, 5.74) is 2.67. The Balaban J connectivity index is 2.08. The van der Waals surface area contributed by atoms with Crippen molar-refractivity contribution in [2.24, 2.45) is 5.92 Å². The highest BCUT2D eigenvalue weighted by molar-refractivity contribution is 5.83. The van der Waals surface area contributed by atoms with Crippen LogP contribution in [-0.2, 0) is 17.8 Å². The van der Waals surface area contributed by atoms with E-state index in [0.717, 1.165) is 32.8 Å². The number of ether oxygens (including phenoxy) is 1. The number of nitrogens with one attached hydrogen (secondary N) is 1. The Morgan fingerprint density at radius 1 is 1.25 bits per heavy atom. The summed E-state index contributed by atoms with van der Waals surface area (Å²) in [5.74, 6) is 0.598. The minimum atomic E-state index is 0.598. The van der Waals surface area contributed by atoms with E-state index < -0.39 is 0 Å². The number of hydrogen-bond donors (Lipinski definition) is 1. The summed E-state index contributed by atoms with van der Waals surface area (Å²) in [6.07, 6.45) is 2.26. The van der Waals surface area contributed by atoms with Crippen LogP contribution in [0.5, 0.6) is 0 Å². The fourth-order valence-electron chi connectivity index (χ4n) is 2.39. The van der Waals surface area contributed by atoms with E-state index in [0.29, 0.717) is 5.92 Å². The van der Waals surface area contributed by atoms with Gasteiger partial charge in [-0.3, -0.25) is 0 Å². The zero-order valence-electron chi connectivity index (χ0n) is 12.9. The lowest BCUT2D eigenvalue weighted by Crippen LogP contribution is -2.11. The summed E-state index contributed by atoms with van der Waals surface area (Å²) in [4.78, 5) is 0. The third kappa shape index (κ3) is 3.84. The summed E-state index contributed by atoms with van der Waals surface area (Å²) in [5, 5.41) is 4.75. The number of fused-ring (bicyclic) bond motifs is 1. The molecule has 0 amide bonds. The van der Waals surface area contributed by atoms with E-state index >= 15 is 0 Å². The Hall–Kier alpha value is -1.32. The largest absolute Gasteiger partial charge is 0.379 e. The molecule has 3 heteroatoms. The van der Waals surface area contributed by atoms with Crippen molar-refractivity contribution in [2.75, 3.05) is 19.8 Å². The number of aromatic nitrogens is 1. The van der Waals surface area contributed by atoms with Gasteiger partial charge in [0, 0.05) is 36.8 Å². The zero-order valence-corrected chi connectivity index (χ0v) is 12.9. The van der Waals surface area contributed by atoms with Crippen molar-refractivity contribution in [2.45, 2.75) is 33.9 Å². The van der Waals surface area contributed by atoms with Crippen LogP contribution < -0.4 is 5.32 Å². The predicted octanol–water partition coefficient (Wildman–Crippen LogP) is 3.42. The van der Waals surface area contributed by atoms with Gasteiger partial charge < -0.3 is 14.6 Å². The molecule has 0 aliphatic carbocycles. The molecule has 0 bridgehead atoms. The maximum Gasteiger partial charge on any atom is 0.0645 e. The van der Waals surface area contributed by atoms with Gasteiger partial charge in [0.1, 0.15) is 0 Å². The average molecular weight is 274 g/mol. The number of rotatable bonds is 8. The summed E-state index contributed by atoms with van der Waals surface area (Å²) in [6, 6.07) is 8.60. The SMILES string of the molecule is CCNCc1cn(CCOCC(C)C)c2ccccc12. The Bertz CT molecular complexity index is 531. The average Bonchev–Trinajstić information content (AvgIpc) is 2.80. The van der Waals surface area contributed by atoms with E-state index in [4.69, 9.17) is 4.74 Å². The number of para-hydroxylation sites is 1. The monoisotopic (exact) mass is 274 g/mol. The first-order valence-corrected chi connectivity index (χ1v) is 7.57. The van der Waals surface area contributed by atoms with Crippen molar-refractivity contribution in [3.05, 3.63) is 36.0 Å². The van der Waals surface area contributed by atoms with E-state index in [2.05, 4.69) is 61.1 Å². The van der Waals surface area contributed by atoms with Gasteiger partial charge >= 0.3 is 0 Å². The van der Waals surface area contributed by atoms with Crippen LogP contribution in [0, 0.1) is 5.92 Å². The van der Waals surface area contributed by atoms with Crippen molar-refractivity contribution in [3.8, 4) is 0 Å². The van der Waals surface area contributed by atoms with E-state index in [-0.39, 0.29) is 0 Å². The maximum absolute atomic E-state index is 5.70. The van der Waals surface area contributed by atoms with Crippen LogP contribution in [0.3, 0.4) is 0 Å². The van der Waals surface area contributed by atoms with E-state index in [1.807, 2.05) is 0 Å². The van der Waals surface area contributed by atoms with Gasteiger partial charge in [0.25, 0.3) is 0 Å². The molecule has 0 atom stereocenters. The second kappa shape index (κ2) is 7.46. The number of nitrogens with zero attached hydrogens (tertiary/aromatic N) is 1. The Kier molecular flexibility index (Phi) is 5.62. The van der Waals surface area contributed by atoms with E-state index in [1.54, 1.807) is 0 Å². The molecule has 0 fully saturated rings. The lowest BCUT2D eigenvalue weighted by molar-refractivity contribution is 0.104. The third-order valence-corrected chi connectivity index (χ3v) is 3.36. The van der Waals surface area contributed by atoms with Crippen molar-refractivity contribution < 1.29 is 4.74 Å². The van der Waals surface area contributed by atoms with Crippen molar-refractivity contribution >= 4 is 10.9 Å². The molecule has 0 radical (unpaired) electrons. The lowest BCUT2D eigenvalue weighted by Gasteiger charge is -2.08. The standard InChI is InChI=1S/C17H26N2O/c1-4-18-11-15-12-19(9-10-20-13-14(2)3)17-8-6-5-7-16(15)17/h5-8,12,14,18H,4,9-11,13H2,1-3H3. The maximum atomic E-state index is 5.70.